The van der Waals surface area contributed by atoms with Crippen molar-refractivity contribution < 1.29 is 9.21 Å². The third kappa shape index (κ3) is 3.17. The van der Waals surface area contributed by atoms with Crippen molar-refractivity contribution in [3.05, 3.63) is 63.4 Å². The van der Waals surface area contributed by atoms with Crippen LogP contribution in [-0.4, -0.2) is 56.6 Å². The number of aromatic nitrogens is 4. The number of carbonyl (C=O) groups excluding carboxylic acids is 1. The summed E-state index contributed by atoms with van der Waals surface area (Å²) in [5.74, 6) is 1.07. The van der Waals surface area contributed by atoms with E-state index in [4.69, 9.17) is 16.0 Å². The number of fused-ring (bicyclic) bond motifs is 2. The number of piperazine rings is 1. The van der Waals surface area contributed by atoms with Gasteiger partial charge in [0.25, 0.3) is 11.7 Å². The number of rotatable bonds is 2. The number of hydrogen-bond acceptors (Lipinski definition) is 7. The Morgan fingerprint density at radius 3 is 2.73 bits per heavy atom. The lowest BCUT2D eigenvalue weighted by molar-refractivity contribution is 0.0742. The van der Waals surface area contributed by atoms with Gasteiger partial charge in [0, 0.05) is 48.3 Å². The van der Waals surface area contributed by atoms with Gasteiger partial charge in [-0.2, -0.15) is 14.6 Å². The lowest BCUT2D eigenvalue weighted by atomic mass is 10.1. The van der Waals surface area contributed by atoms with Crippen molar-refractivity contribution in [3.63, 3.8) is 0 Å². The molecular weight excluding hydrogens is 408 g/mol. The summed E-state index contributed by atoms with van der Waals surface area (Å²) in [6.07, 6.45) is 1.47. The number of benzene rings is 1. The molecule has 0 atom stereocenters. The van der Waals surface area contributed by atoms with Gasteiger partial charge in [-0.15, -0.1) is 0 Å². The van der Waals surface area contributed by atoms with Gasteiger partial charge < -0.3 is 14.2 Å². The maximum absolute atomic E-state index is 13.0. The molecule has 0 spiro atoms. The highest BCUT2D eigenvalue weighted by atomic mass is 35.5. The molecule has 1 aliphatic heterocycles. The molecule has 0 unspecified atom stereocenters. The van der Waals surface area contributed by atoms with E-state index in [-0.39, 0.29) is 11.5 Å². The van der Waals surface area contributed by atoms with Crippen LogP contribution in [0.1, 0.15) is 16.1 Å². The standard InChI is InChI=1S/C20H17ClN6O3/c1-12-8-17(27-20(24-12)22-11-23-27)25-4-6-26(7-5-25)18(28)15-10-13-9-14(21)2-3-16(13)30-19(15)29/h2-3,8-11H,4-7H2,1H3. The van der Waals surface area contributed by atoms with E-state index in [0.717, 1.165) is 11.5 Å². The van der Waals surface area contributed by atoms with Crippen LogP contribution >= 0.6 is 11.6 Å². The monoisotopic (exact) mass is 424 g/mol. The highest BCUT2D eigenvalue weighted by Gasteiger charge is 2.26. The van der Waals surface area contributed by atoms with Gasteiger partial charge in [0.05, 0.1) is 0 Å². The van der Waals surface area contributed by atoms with Gasteiger partial charge in [-0.3, -0.25) is 4.79 Å². The molecule has 1 fully saturated rings. The Hall–Kier alpha value is -3.46. The van der Waals surface area contributed by atoms with E-state index in [1.165, 1.54) is 6.33 Å². The maximum atomic E-state index is 13.0. The number of carbonyl (C=O) groups is 1. The van der Waals surface area contributed by atoms with Crippen molar-refractivity contribution in [1.82, 2.24) is 24.5 Å². The van der Waals surface area contributed by atoms with Crippen molar-refractivity contribution in [2.45, 2.75) is 6.92 Å². The first kappa shape index (κ1) is 18.6. The van der Waals surface area contributed by atoms with Crippen LogP contribution in [-0.2, 0) is 0 Å². The zero-order valence-corrected chi connectivity index (χ0v) is 16.8. The van der Waals surface area contributed by atoms with E-state index >= 15 is 0 Å². The second kappa shape index (κ2) is 7.10. The van der Waals surface area contributed by atoms with E-state index < -0.39 is 5.63 Å². The van der Waals surface area contributed by atoms with E-state index in [1.54, 1.807) is 33.7 Å². The van der Waals surface area contributed by atoms with Crippen LogP contribution in [0.25, 0.3) is 16.7 Å². The van der Waals surface area contributed by atoms with Gasteiger partial charge in [-0.25, -0.2) is 9.78 Å². The lowest BCUT2D eigenvalue weighted by Crippen LogP contribution is -2.50. The number of aryl methyl sites for hydroxylation is 1. The Kier molecular flexibility index (Phi) is 4.39. The Morgan fingerprint density at radius 2 is 1.93 bits per heavy atom. The normalized spacial score (nSPS) is 14.6. The van der Waals surface area contributed by atoms with Gasteiger partial charge in [-0.05, 0) is 31.2 Å². The van der Waals surface area contributed by atoms with Crippen molar-refractivity contribution in [2.24, 2.45) is 0 Å². The highest BCUT2D eigenvalue weighted by molar-refractivity contribution is 6.31. The molecule has 1 saturated heterocycles. The van der Waals surface area contributed by atoms with Gasteiger partial charge in [-0.1, -0.05) is 11.6 Å². The third-order valence-corrected chi connectivity index (χ3v) is 5.41. The van der Waals surface area contributed by atoms with Gasteiger partial charge >= 0.3 is 5.63 Å². The second-order valence-electron chi connectivity index (χ2n) is 7.14. The fraction of sp³-hybridized carbons (Fsp3) is 0.250. The first-order valence-corrected chi connectivity index (χ1v) is 9.82. The van der Waals surface area contributed by atoms with E-state index in [0.29, 0.717) is 47.9 Å². The minimum atomic E-state index is -0.647. The molecule has 0 radical (unpaired) electrons. The smallest absolute Gasteiger partial charge is 0.349 e. The molecule has 4 heterocycles. The van der Waals surface area contributed by atoms with Crippen molar-refractivity contribution >= 4 is 40.1 Å². The SMILES string of the molecule is Cc1cc(N2CCN(C(=O)c3cc4cc(Cl)ccc4oc3=O)CC2)n2ncnc2n1. The molecule has 1 amide bonds. The van der Waals surface area contributed by atoms with Crippen LogP contribution in [0, 0.1) is 6.92 Å². The predicted octanol–water partition coefficient (Wildman–Crippen LogP) is 2.15. The molecule has 3 aromatic heterocycles. The number of nitrogens with zero attached hydrogens (tertiary/aromatic N) is 6. The van der Waals surface area contributed by atoms with Crippen LogP contribution in [0.5, 0.6) is 0 Å². The molecule has 0 bridgehead atoms. The summed E-state index contributed by atoms with van der Waals surface area (Å²) in [6.45, 7) is 4.01. The number of amides is 1. The van der Waals surface area contributed by atoms with Crippen LogP contribution in [0.4, 0.5) is 5.82 Å². The maximum Gasteiger partial charge on any atom is 0.349 e. The fourth-order valence-corrected chi connectivity index (χ4v) is 3.87. The predicted molar refractivity (Wildman–Crippen MR) is 111 cm³/mol. The Labute approximate surface area is 175 Å². The molecule has 9 nitrogen and oxygen atoms in total. The van der Waals surface area contributed by atoms with Crippen LogP contribution < -0.4 is 10.5 Å². The summed E-state index contributed by atoms with van der Waals surface area (Å²) >= 11 is 6.02. The van der Waals surface area contributed by atoms with Crippen LogP contribution in [0.15, 0.2) is 45.9 Å². The average Bonchev–Trinajstić information content (AvgIpc) is 3.21. The van der Waals surface area contributed by atoms with E-state index in [1.807, 2.05) is 13.0 Å². The van der Waals surface area contributed by atoms with Gasteiger partial charge in [0.2, 0.25) is 0 Å². The average molecular weight is 425 g/mol. The summed E-state index contributed by atoms with van der Waals surface area (Å²) in [6, 6.07) is 8.42. The zero-order valence-electron chi connectivity index (χ0n) is 16.1. The number of hydrogen-bond donors (Lipinski definition) is 0. The molecule has 152 valence electrons. The Balaban J connectivity index is 1.38. The molecule has 0 saturated carbocycles. The molecular formula is C20H17ClN6O3. The molecule has 1 aromatic carbocycles. The van der Waals surface area contributed by atoms with Gasteiger partial charge in [0.1, 0.15) is 23.3 Å². The van der Waals surface area contributed by atoms with Crippen molar-refractivity contribution in [1.29, 1.82) is 0 Å². The zero-order chi connectivity index (χ0) is 20.8. The molecule has 1 aliphatic rings. The fourth-order valence-electron chi connectivity index (χ4n) is 3.69. The third-order valence-electron chi connectivity index (χ3n) is 5.18. The summed E-state index contributed by atoms with van der Waals surface area (Å²) in [4.78, 5) is 37.7. The number of anilines is 1. The minimum absolute atomic E-state index is 0.0108. The highest BCUT2D eigenvalue weighted by Crippen LogP contribution is 2.21. The van der Waals surface area contributed by atoms with Gasteiger partial charge in [0.15, 0.2) is 0 Å². The molecule has 0 aliphatic carbocycles. The first-order valence-electron chi connectivity index (χ1n) is 9.44. The Bertz CT molecular complexity index is 1340. The second-order valence-corrected chi connectivity index (χ2v) is 7.57. The summed E-state index contributed by atoms with van der Waals surface area (Å²) in [5.41, 5.74) is 0.607. The summed E-state index contributed by atoms with van der Waals surface area (Å²) in [5, 5.41) is 5.37. The molecule has 30 heavy (non-hydrogen) atoms. The Morgan fingerprint density at radius 1 is 1.13 bits per heavy atom. The van der Waals surface area contributed by atoms with Crippen LogP contribution in [0.2, 0.25) is 5.02 Å². The quantitative estimate of drug-likeness (QED) is 0.455. The summed E-state index contributed by atoms with van der Waals surface area (Å²) < 4.78 is 6.99. The summed E-state index contributed by atoms with van der Waals surface area (Å²) in [7, 11) is 0. The van der Waals surface area contributed by atoms with Crippen molar-refractivity contribution in [2.75, 3.05) is 31.1 Å². The van der Waals surface area contributed by atoms with E-state index in [2.05, 4.69) is 20.0 Å². The molecule has 5 rings (SSSR count). The molecule has 4 aromatic rings. The molecule has 0 N–H and O–H groups in total. The lowest BCUT2D eigenvalue weighted by Gasteiger charge is -2.35. The van der Waals surface area contributed by atoms with Crippen LogP contribution in [0.3, 0.4) is 0 Å². The largest absolute Gasteiger partial charge is 0.422 e. The van der Waals surface area contributed by atoms with Crippen molar-refractivity contribution in [3.8, 4) is 0 Å². The first-order chi connectivity index (χ1) is 14.5. The minimum Gasteiger partial charge on any atom is -0.422 e. The molecule has 10 heteroatoms. The van der Waals surface area contributed by atoms with E-state index in [9.17, 15) is 9.59 Å². The topological polar surface area (TPSA) is 96.8 Å². The number of halogens is 1.